The predicted octanol–water partition coefficient (Wildman–Crippen LogP) is 1.72. The minimum Gasteiger partial charge on any atom is -0.475 e. The van der Waals surface area contributed by atoms with E-state index >= 15 is 0 Å². The zero-order valence-electron chi connectivity index (χ0n) is 5.00. The molecule has 0 aliphatic heterocycles. The number of rotatable bonds is 2. The van der Waals surface area contributed by atoms with E-state index in [2.05, 4.69) is 4.42 Å². The Bertz CT molecular complexity index is 241. The van der Waals surface area contributed by atoms with Crippen LogP contribution in [0.3, 0.4) is 0 Å². The smallest absolute Gasteiger partial charge is 0.372 e. The number of alkyl halides is 1. The molecular weight excluding hydrogens is 156 g/mol. The Morgan fingerprint density at radius 2 is 2.50 bits per heavy atom. The molecule has 3 nitrogen and oxygen atoms in total. The third-order valence-corrected chi connectivity index (χ3v) is 1.37. The Morgan fingerprint density at radius 1 is 1.80 bits per heavy atom. The summed E-state index contributed by atoms with van der Waals surface area (Å²) in [6.45, 7) is 0. The lowest BCUT2D eigenvalue weighted by molar-refractivity contribution is 0.0661. The molecule has 0 spiro atoms. The van der Waals surface area contributed by atoms with Gasteiger partial charge in [0.15, 0.2) is 0 Å². The van der Waals surface area contributed by atoms with Crippen LogP contribution in [-0.2, 0) is 5.88 Å². The number of aromatic carboxylic acids is 1. The summed E-state index contributed by atoms with van der Waals surface area (Å²) >= 11 is 5.39. The lowest BCUT2D eigenvalue weighted by atomic mass is 10.3. The molecule has 0 aliphatic rings. The highest BCUT2D eigenvalue weighted by molar-refractivity contribution is 6.17. The van der Waals surface area contributed by atoms with Gasteiger partial charge in [-0.15, -0.1) is 11.6 Å². The van der Waals surface area contributed by atoms with E-state index in [0.29, 0.717) is 5.56 Å². The summed E-state index contributed by atoms with van der Waals surface area (Å²) in [5, 5.41) is 8.43. The summed E-state index contributed by atoms with van der Waals surface area (Å²) in [7, 11) is 0. The second-order valence-corrected chi connectivity index (χ2v) is 1.98. The molecule has 0 saturated carbocycles. The lowest BCUT2D eigenvalue weighted by Gasteiger charge is -1.88. The zero-order valence-corrected chi connectivity index (χ0v) is 5.76. The summed E-state index contributed by atoms with van der Waals surface area (Å²) in [6, 6.07) is 1.54. The van der Waals surface area contributed by atoms with Crippen molar-refractivity contribution in [1.29, 1.82) is 0 Å². The van der Waals surface area contributed by atoms with Gasteiger partial charge in [-0.2, -0.15) is 0 Å². The molecule has 1 rings (SSSR count). The minimum atomic E-state index is -1.08. The van der Waals surface area contributed by atoms with Crippen molar-refractivity contribution in [3.63, 3.8) is 0 Å². The van der Waals surface area contributed by atoms with Crippen molar-refractivity contribution in [1.82, 2.24) is 0 Å². The van der Waals surface area contributed by atoms with Gasteiger partial charge in [-0.05, 0) is 6.07 Å². The van der Waals surface area contributed by atoms with E-state index in [1.54, 1.807) is 0 Å². The van der Waals surface area contributed by atoms with Crippen molar-refractivity contribution >= 4 is 17.6 Å². The first-order valence-corrected chi connectivity index (χ1v) is 3.14. The highest BCUT2D eigenvalue weighted by Gasteiger charge is 2.11. The molecule has 0 amide bonds. The maximum atomic E-state index is 10.3. The molecule has 1 heterocycles. The van der Waals surface area contributed by atoms with Crippen molar-refractivity contribution in [2.24, 2.45) is 0 Å². The van der Waals surface area contributed by atoms with Gasteiger partial charge in [0.2, 0.25) is 5.76 Å². The third kappa shape index (κ3) is 1.14. The van der Waals surface area contributed by atoms with E-state index in [9.17, 15) is 4.79 Å². The average Bonchev–Trinajstić information content (AvgIpc) is 2.33. The van der Waals surface area contributed by atoms with Gasteiger partial charge in [0, 0.05) is 5.56 Å². The van der Waals surface area contributed by atoms with Crippen molar-refractivity contribution in [3.8, 4) is 0 Å². The summed E-state index contributed by atoms with van der Waals surface area (Å²) in [6.07, 6.45) is 1.31. The standard InChI is InChI=1S/C6H5ClO3/c7-3-4-1-2-10-5(4)6(8)9/h1-2H,3H2,(H,8,9). The van der Waals surface area contributed by atoms with Gasteiger partial charge in [-0.1, -0.05) is 0 Å². The molecule has 0 unspecified atom stereocenters. The normalized spacial score (nSPS) is 9.70. The van der Waals surface area contributed by atoms with E-state index in [0.717, 1.165) is 0 Å². The number of carboxylic acid groups (broad SMARTS) is 1. The molecule has 4 heteroatoms. The Hall–Kier alpha value is -0.960. The Labute approximate surface area is 62.2 Å². The summed E-state index contributed by atoms with van der Waals surface area (Å²) in [5.74, 6) is -0.992. The van der Waals surface area contributed by atoms with E-state index < -0.39 is 5.97 Å². The molecule has 54 valence electrons. The van der Waals surface area contributed by atoms with Crippen LogP contribution >= 0.6 is 11.6 Å². The van der Waals surface area contributed by atoms with Crippen LogP contribution in [0.5, 0.6) is 0 Å². The topological polar surface area (TPSA) is 50.4 Å². The molecule has 0 bridgehead atoms. The fraction of sp³-hybridized carbons (Fsp3) is 0.167. The molecule has 0 fully saturated rings. The maximum Gasteiger partial charge on any atom is 0.372 e. The molecule has 1 N–H and O–H groups in total. The van der Waals surface area contributed by atoms with Gasteiger partial charge in [0.1, 0.15) is 0 Å². The van der Waals surface area contributed by atoms with Gasteiger partial charge in [-0.3, -0.25) is 0 Å². The number of hydrogen-bond donors (Lipinski definition) is 1. The molecule has 1 aromatic heterocycles. The zero-order chi connectivity index (χ0) is 7.56. The van der Waals surface area contributed by atoms with Crippen LogP contribution in [0.1, 0.15) is 16.1 Å². The van der Waals surface area contributed by atoms with Crippen molar-refractivity contribution in [3.05, 3.63) is 23.7 Å². The molecule has 0 atom stereocenters. The predicted molar refractivity (Wildman–Crippen MR) is 35.2 cm³/mol. The number of carbonyl (C=O) groups is 1. The minimum absolute atomic E-state index is 0.0741. The number of furan rings is 1. The monoisotopic (exact) mass is 160 g/mol. The van der Waals surface area contributed by atoms with Gasteiger partial charge in [0.25, 0.3) is 0 Å². The lowest BCUT2D eigenvalue weighted by Crippen LogP contribution is -1.96. The Morgan fingerprint density at radius 3 is 2.90 bits per heavy atom. The number of halogens is 1. The molecule has 10 heavy (non-hydrogen) atoms. The van der Waals surface area contributed by atoms with Crippen LogP contribution in [0.4, 0.5) is 0 Å². The van der Waals surface area contributed by atoms with Crippen LogP contribution in [0.2, 0.25) is 0 Å². The van der Waals surface area contributed by atoms with Crippen LogP contribution in [0.25, 0.3) is 0 Å². The molecular formula is C6H5ClO3. The van der Waals surface area contributed by atoms with Crippen LogP contribution in [0.15, 0.2) is 16.7 Å². The van der Waals surface area contributed by atoms with E-state index in [-0.39, 0.29) is 11.6 Å². The van der Waals surface area contributed by atoms with E-state index in [4.69, 9.17) is 16.7 Å². The van der Waals surface area contributed by atoms with Gasteiger partial charge in [-0.25, -0.2) is 4.79 Å². The first-order valence-electron chi connectivity index (χ1n) is 2.61. The summed E-state index contributed by atoms with van der Waals surface area (Å²) < 4.78 is 4.63. The van der Waals surface area contributed by atoms with Crippen molar-refractivity contribution in [2.45, 2.75) is 5.88 Å². The fourth-order valence-corrected chi connectivity index (χ4v) is 0.839. The Kier molecular flexibility index (Phi) is 1.97. The molecule has 0 radical (unpaired) electrons. The van der Waals surface area contributed by atoms with Crippen LogP contribution in [-0.4, -0.2) is 11.1 Å². The first kappa shape index (κ1) is 7.15. The highest BCUT2D eigenvalue weighted by Crippen LogP contribution is 2.12. The van der Waals surface area contributed by atoms with Gasteiger partial charge < -0.3 is 9.52 Å². The SMILES string of the molecule is O=C(O)c1occc1CCl. The van der Waals surface area contributed by atoms with Crippen LogP contribution in [0, 0.1) is 0 Å². The van der Waals surface area contributed by atoms with Gasteiger partial charge in [0.05, 0.1) is 12.1 Å². The van der Waals surface area contributed by atoms with E-state index in [1.165, 1.54) is 12.3 Å². The van der Waals surface area contributed by atoms with Crippen molar-refractivity contribution < 1.29 is 14.3 Å². The Balaban J connectivity index is 3.01. The largest absolute Gasteiger partial charge is 0.475 e. The molecule has 0 aliphatic carbocycles. The maximum absolute atomic E-state index is 10.3. The molecule has 0 saturated heterocycles. The van der Waals surface area contributed by atoms with E-state index in [1.807, 2.05) is 0 Å². The van der Waals surface area contributed by atoms with Crippen LogP contribution < -0.4 is 0 Å². The summed E-state index contributed by atoms with van der Waals surface area (Å²) in [4.78, 5) is 10.3. The van der Waals surface area contributed by atoms with Crippen molar-refractivity contribution in [2.75, 3.05) is 0 Å². The average molecular weight is 161 g/mol. The fourth-order valence-electron chi connectivity index (χ4n) is 0.629. The quantitative estimate of drug-likeness (QED) is 0.671. The molecule has 0 aromatic carbocycles. The number of carboxylic acids is 1. The highest BCUT2D eigenvalue weighted by atomic mass is 35.5. The first-order chi connectivity index (χ1) is 4.75. The second-order valence-electron chi connectivity index (χ2n) is 1.71. The second kappa shape index (κ2) is 2.75. The summed E-state index contributed by atoms with van der Waals surface area (Å²) in [5.41, 5.74) is 0.508. The third-order valence-electron chi connectivity index (χ3n) is 1.08. The van der Waals surface area contributed by atoms with Gasteiger partial charge >= 0.3 is 5.97 Å². The number of hydrogen-bond acceptors (Lipinski definition) is 2. The molecule has 1 aromatic rings.